The van der Waals surface area contributed by atoms with Crippen LogP contribution in [0.3, 0.4) is 0 Å². The van der Waals surface area contributed by atoms with Crippen LogP contribution in [0.2, 0.25) is 5.02 Å². The molecule has 3 N–H and O–H groups in total. The second-order valence-electron chi connectivity index (χ2n) is 4.39. The van der Waals surface area contributed by atoms with Crippen molar-refractivity contribution in [1.82, 2.24) is 5.32 Å². The molecule has 1 atom stereocenters. The standard InChI is InChI=1S/C13H17ClN2O4/c1-8(5-12(17)18)7-15-13(19)16-9-3-4-11(20-2)10(14)6-9/h3-4,6,8H,5,7H2,1-2H3,(H,17,18)(H2,15,16,19). The van der Waals surface area contributed by atoms with Gasteiger partial charge in [-0.15, -0.1) is 0 Å². The van der Waals surface area contributed by atoms with E-state index in [0.29, 0.717) is 16.5 Å². The highest BCUT2D eigenvalue weighted by atomic mass is 35.5. The van der Waals surface area contributed by atoms with Gasteiger partial charge in [-0.2, -0.15) is 0 Å². The zero-order valence-corrected chi connectivity index (χ0v) is 12.0. The highest BCUT2D eigenvalue weighted by molar-refractivity contribution is 6.32. The minimum Gasteiger partial charge on any atom is -0.495 e. The van der Waals surface area contributed by atoms with Crippen LogP contribution >= 0.6 is 11.6 Å². The lowest BCUT2D eigenvalue weighted by molar-refractivity contribution is -0.137. The van der Waals surface area contributed by atoms with Crippen LogP contribution in [0.5, 0.6) is 5.75 Å². The summed E-state index contributed by atoms with van der Waals surface area (Å²) in [6.45, 7) is 2.03. The summed E-state index contributed by atoms with van der Waals surface area (Å²) in [5.74, 6) is -0.507. The summed E-state index contributed by atoms with van der Waals surface area (Å²) < 4.78 is 5.00. The summed E-state index contributed by atoms with van der Waals surface area (Å²) >= 11 is 5.94. The van der Waals surface area contributed by atoms with E-state index in [1.807, 2.05) is 0 Å². The predicted octanol–water partition coefficient (Wildman–Crippen LogP) is 2.58. The maximum Gasteiger partial charge on any atom is 0.319 e. The number of carboxylic acid groups (broad SMARTS) is 1. The lowest BCUT2D eigenvalue weighted by atomic mass is 10.1. The maximum atomic E-state index is 11.6. The summed E-state index contributed by atoms with van der Waals surface area (Å²) in [5, 5.41) is 14.2. The number of hydrogen-bond donors (Lipinski definition) is 3. The van der Waals surface area contributed by atoms with Gasteiger partial charge in [-0.05, 0) is 24.1 Å². The second-order valence-corrected chi connectivity index (χ2v) is 4.79. The Morgan fingerprint density at radius 1 is 1.45 bits per heavy atom. The number of nitrogens with one attached hydrogen (secondary N) is 2. The van der Waals surface area contributed by atoms with Crippen LogP contribution in [0.15, 0.2) is 18.2 Å². The van der Waals surface area contributed by atoms with Gasteiger partial charge >= 0.3 is 12.0 Å². The first-order chi connectivity index (χ1) is 9.42. The first-order valence-corrected chi connectivity index (χ1v) is 6.40. The van der Waals surface area contributed by atoms with E-state index in [9.17, 15) is 9.59 Å². The van der Waals surface area contributed by atoms with Crippen molar-refractivity contribution >= 4 is 29.3 Å². The molecule has 6 nitrogen and oxygen atoms in total. The van der Waals surface area contributed by atoms with E-state index >= 15 is 0 Å². The van der Waals surface area contributed by atoms with Crippen LogP contribution in [0, 0.1) is 5.92 Å². The molecule has 1 rings (SSSR count). The van der Waals surface area contributed by atoms with Gasteiger partial charge in [0.2, 0.25) is 0 Å². The summed E-state index contributed by atoms with van der Waals surface area (Å²) in [5.41, 5.74) is 0.527. The number of benzene rings is 1. The van der Waals surface area contributed by atoms with Crippen molar-refractivity contribution in [3.05, 3.63) is 23.2 Å². The Labute approximate surface area is 122 Å². The Hall–Kier alpha value is -1.95. The third-order valence-corrected chi connectivity index (χ3v) is 2.84. The Morgan fingerprint density at radius 3 is 2.70 bits per heavy atom. The second kappa shape index (κ2) is 7.59. The molecule has 0 saturated carbocycles. The van der Waals surface area contributed by atoms with Gasteiger partial charge in [0.1, 0.15) is 5.75 Å². The summed E-state index contributed by atoms with van der Waals surface area (Å²) in [6.07, 6.45) is 0.00858. The number of amides is 2. The molecule has 110 valence electrons. The number of carbonyl (C=O) groups excluding carboxylic acids is 1. The highest BCUT2D eigenvalue weighted by Gasteiger charge is 2.10. The Kier molecular flexibility index (Phi) is 6.11. The molecule has 0 aliphatic heterocycles. The summed E-state index contributed by atoms with van der Waals surface area (Å²) in [4.78, 5) is 22.1. The molecule has 2 amide bonds. The quantitative estimate of drug-likeness (QED) is 0.753. The van der Waals surface area contributed by atoms with Crippen LogP contribution in [0.1, 0.15) is 13.3 Å². The molecular weight excluding hydrogens is 284 g/mol. The first kappa shape index (κ1) is 16.1. The molecule has 0 aliphatic carbocycles. The van der Waals surface area contributed by atoms with Gasteiger partial charge in [-0.3, -0.25) is 4.79 Å². The van der Waals surface area contributed by atoms with Gasteiger partial charge in [0.15, 0.2) is 0 Å². The van der Waals surface area contributed by atoms with E-state index in [1.54, 1.807) is 25.1 Å². The number of rotatable bonds is 6. The number of methoxy groups -OCH3 is 1. The number of anilines is 1. The molecule has 0 fully saturated rings. The number of ether oxygens (including phenoxy) is 1. The lowest BCUT2D eigenvalue weighted by Crippen LogP contribution is -2.32. The van der Waals surface area contributed by atoms with E-state index in [2.05, 4.69) is 10.6 Å². The van der Waals surface area contributed by atoms with Crippen molar-refractivity contribution in [2.24, 2.45) is 5.92 Å². The molecule has 0 heterocycles. The summed E-state index contributed by atoms with van der Waals surface area (Å²) in [7, 11) is 1.50. The third kappa shape index (κ3) is 5.36. The van der Waals surface area contributed by atoms with Gasteiger partial charge in [-0.25, -0.2) is 4.79 Å². The Balaban J connectivity index is 2.46. The Bertz CT molecular complexity index is 493. The molecule has 7 heteroatoms. The third-order valence-electron chi connectivity index (χ3n) is 2.54. The first-order valence-electron chi connectivity index (χ1n) is 6.02. The number of carboxylic acids is 1. The van der Waals surface area contributed by atoms with Crippen LogP contribution in [0.25, 0.3) is 0 Å². The molecule has 20 heavy (non-hydrogen) atoms. The fraction of sp³-hybridized carbons (Fsp3) is 0.385. The topological polar surface area (TPSA) is 87.7 Å². The monoisotopic (exact) mass is 300 g/mol. The predicted molar refractivity (Wildman–Crippen MR) is 76.4 cm³/mol. The zero-order valence-electron chi connectivity index (χ0n) is 11.3. The normalized spacial score (nSPS) is 11.6. The highest BCUT2D eigenvalue weighted by Crippen LogP contribution is 2.27. The van der Waals surface area contributed by atoms with Crippen LogP contribution in [-0.4, -0.2) is 30.8 Å². The van der Waals surface area contributed by atoms with Crippen LogP contribution in [0.4, 0.5) is 10.5 Å². The molecule has 0 aromatic heterocycles. The van der Waals surface area contributed by atoms with Crippen molar-refractivity contribution < 1.29 is 19.4 Å². The lowest BCUT2D eigenvalue weighted by Gasteiger charge is -2.12. The van der Waals surface area contributed by atoms with E-state index < -0.39 is 12.0 Å². The van der Waals surface area contributed by atoms with E-state index in [1.165, 1.54) is 7.11 Å². The molecule has 0 spiro atoms. The molecule has 1 aromatic carbocycles. The molecule has 0 bridgehead atoms. The van der Waals surface area contributed by atoms with Crippen molar-refractivity contribution in [1.29, 1.82) is 0 Å². The van der Waals surface area contributed by atoms with Crippen LogP contribution < -0.4 is 15.4 Å². The number of urea groups is 1. The largest absolute Gasteiger partial charge is 0.495 e. The fourth-order valence-electron chi connectivity index (χ4n) is 1.56. The van der Waals surface area contributed by atoms with Gasteiger partial charge in [0, 0.05) is 18.7 Å². The van der Waals surface area contributed by atoms with Crippen LogP contribution in [-0.2, 0) is 4.79 Å². The average molecular weight is 301 g/mol. The molecule has 0 saturated heterocycles. The molecular formula is C13H17ClN2O4. The van der Waals surface area contributed by atoms with Crippen molar-refractivity contribution in [2.45, 2.75) is 13.3 Å². The van der Waals surface area contributed by atoms with E-state index in [-0.39, 0.29) is 18.9 Å². The van der Waals surface area contributed by atoms with Crippen molar-refractivity contribution in [3.63, 3.8) is 0 Å². The van der Waals surface area contributed by atoms with Gasteiger partial charge in [0.25, 0.3) is 0 Å². The molecule has 1 unspecified atom stereocenters. The minimum absolute atomic E-state index is 0.00858. The minimum atomic E-state index is -0.887. The SMILES string of the molecule is COc1ccc(NC(=O)NCC(C)CC(=O)O)cc1Cl. The average Bonchev–Trinajstić information content (AvgIpc) is 2.36. The smallest absolute Gasteiger partial charge is 0.319 e. The number of carbonyl (C=O) groups is 2. The Morgan fingerprint density at radius 2 is 2.15 bits per heavy atom. The van der Waals surface area contributed by atoms with E-state index in [0.717, 1.165) is 0 Å². The number of aliphatic carboxylic acids is 1. The fourth-order valence-corrected chi connectivity index (χ4v) is 1.81. The van der Waals surface area contributed by atoms with Gasteiger partial charge in [0.05, 0.1) is 12.1 Å². The van der Waals surface area contributed by atoms with Crippen molar-refractivity contribution in [3.8, 4) is 5.75 Å². The maximum absolute atomic E-state index is 11.6. The molecule has 0 aliphatic rings. The molecule has 1 aromatic rings. The number of halogens is 1. The van der Waals surface area contributed by atoms with Gasteiger partial charge < -0.3 is 20.5 Å². The van der Waals surface area contributed by atoms with Crippen molar-refractivity contribution in [2.75, 3.05) is 19.0 Å². The molecule has 0 radical (unpaired) electrons. The van der Waals surface area contributed by atoms with E-state index in [4.69, 9.17) is 21.4 Å². The van der Waals surface area contributed by atoms with Gasteiger partial charge in [-0.1, -0.05) is 18.5 Å². The number of hydrogen-bond acceptors (Lipinski definition) is 3. The zero-order chi connectivity index (χ0) is 15.1. The summed E-state index contributed by atoms with van der Waals surface area (Å²) in [6, 6.07) is 4.46.